The maximum absolute atomic E-state index is 13.4. The molecule has 2 aromatic carbocycles. The highest BCUT2D eigenvalue weighted by atomic mass is 35.5. The zero-order chi connectivity index (χ0) is 27.0. The van der Waals surface area contributed by atoms with Crippen LogP contribution in [0.5, 0.6) is 28.7 Å². The third-order valence-electron chi connectivity index (χ3n) is 5.95. The van der Waals surface area contributed by atoms with E-state index >= 15 is 0 Å². The molecule has 1 unspecified atom stereocenters. The molecule has 1 saturated heterocycles. The number of rotatable bonds is 7. The van der Waals surface area contributed by atoms with Crippen molar-refractivity contribution in [2.45, 2.75) is 30.7 Å². The Morgan fingerprint density at radius 2 is 1.68 bits per heavy atom. The smallest absolute Gasteiger partial charge is 0.239 e. The minimum absolute atomic E-state index is 0.000265. The molecule has 1 fully saturated rings. The summed E-state index contributed by atoms with van der Waals surface area (Å²) in [5.41, 5.74) is -0.820. The number of phenolic OH excluding ortho intramolecular Hbond substituents is 1. The first-order valence-corrected chi connectivity index (χ1v) is 11.3. The molecule has 0 radical (unpaired) electrons. The van der Waals surface area contributed by atoms with Crippen molar-refractivity contribution in [3.63, 3.8) is 0 Å². The van der Waals surface area contributed by atoms with Gasteiger partial charge in [-0.05, 0) is 12.1 Å². The van der Waals surface area contributed by atoms with Gasteiger partial charge in [-0.15, -0.1) is 0 Å². The van der Waals surface area contributed by atoms with Gasteiger partial charge < -0.3 is 53.6 Å². The monoisotopic (exact) mass is 540 g/mol. The standard InChI is InChI=1S/C24H25ClO12/c1-32-12-7-11(27)14-16(29)23(34-3)20(36-22(14)21(12)33-2)9-5-4-6-10(25)19(9)37-24-18(31)17(30)15(28)13(8-26)35-24/h4-7,13,15,17-18,24,26-28,30-31H,8H2,1-3H3/t13-,15-,17+,18-,24?/m1/s1. The van der Waals surface area contributed by atoms with Gasteiger partial charge in [0.25, 0.3) is 0 Å². The fourth-order valence-electron chi connectivity index (χ4n) is 4.08. The predicted molar refractivity (Wildman–Crippen MR) is 129 cm³/mol. The van der Waals surface area contributed by atoms with E-state index in [9.17, 15) is 30.3 Å². The SMILES string of the molecule is COc1cc(O)c2c(=O)c(OC)c(-c3cccc(Cl)c3OC3O[C@H](CO)[C@@H](O)[C@H](O)[C@H]3O)oc2c1OC. The summed E-state index contributed by atoms with van der Waals surface area (Å²) < 4.78 is 33.2. The number of benzene rings is 2. The topological polar surface area (TPSA) is 178 Å². The number of aliphatic hydroxyl groups is 4. The van der Waals surface area contributed by atoms with Crippen LogP contribution < -0.4 is 24.4 Å². The number of phenols is 1. The number of hydrogen-bond donors (Lipinski definition) is 5. The Balaban J connectivity index is 1.93. The molecule has 1 aliphatic heterocycles. The van der Waals surface area contributed by atoms with Crippen LogP contribution in [0.3, 0.4) is 0 Å². The van der Waals surface area contributed by atoms with E-state index in [0.717, 1.165) is 0 Å². The summed E-state index contributed by atoms with van der Waals surface area (Å²) in [6.45, 7) is -0.668. The van der Waals surface area contributed by atoms with Gasteiger partial charge in [-0.3, -0.25) is 4.79 Å². The molecule has 200 valence electrons. The molecule has 1 aliphatic rings. The van der Waals surface area contributed by atoms with Crippen molar-refractivity contribution >= 4 is 22.6 Å². The second-order valence-electron chi connectivity index (χ2n) is 8.06. The molecule has 13 heteroatoms. The molecule has 5 atom stereocenters. The van der Waals surface area contributed by atoms with Gasteiger partial charge in [-0.1, -0.05) is 17.7 Å². The van der Waals surface area contributed by atoms with Crippen molar-refractivity contribution in [1.82, 2.24) is 0 Å². The van der Waals surface area contributed by atoms with Crippen LogP contribution in [0.15, 0.2) is 33.5 Å². The molecular formula is C24H25ClO12. The van der Waals surface area contributed by atoms with E-state index in [0.29, 0.717) is 0 Å². The number of para-hydroxylation sites is 1. The van der Waals surface area contributed by atoms with Crippen molar-refractivity contribution in [3.8, 4) is 40.1 Å². The van der Waals surface area contributed by atoms with Crippen LogP contribution in [0.1, 0.15) is 0 Å². The van der Waals surface area contributed by atoms with E-state index < -0.39 is 48.5 Å². The Morgan fingerprint density at radius 1 is 0.973 bits per heavy atom. The maximum atomic E-state index is 13.4. The lowest BCUT2D eigenvalue weighted by molar-refractivity contribution is -0.277. The molecule has 0 saturated carbocycles. The van der Waals surface area contributed by atoms with Crippen molar-refractivity contribution in [3.05, 3.63) is 39.5 Å². The molecule has 37 heavy (non-hydrogen) atoms. The first kappa shape index (κ1) is 26.8. The van der Waals surface area contributed by atoms with Gasteiger partial charge in [0.05, 0.1) is 38.5 Å². The fourth-order valence-corrected chi connectivity index (χ4v) is 4.30. The van der Waals surface area contributed by atoms with Crippen LogP contribution in [-0.2, 0) is 4.74 Å². The molecule has 5 N–H and O–H groups in total. The van der Waals surface area contributed by atoms with Crippen LogP contribution in [0.25, 0.3) is 22.3 Å². The van der Waals surface area contributed by atoms with Crippen molar-refractivity contribution in [2.75, 3.05) is 27.9 Å². The van der Waals surface area contributed by atoms with Crippen molar-refractivity contribution in [1.29, 1.82) is 0 Å². The first-order chi connectivity index (χ1) is 17.7. The summed E-state index contributed by atoms with van der Waals surface area (Å²) in [4.78, 5) is 13.4. The number of ether oxygens (including phenoxy) is 5. The second-order valence-corrected chi connectivity index (χ2v) is 8.47. The van der Waals surface area contributed by atoms with Crippen LogP contribution >= 0.6 is 11.6 Å². The second kappa shape index (κ2) is 10.6. The Kier molecular flexibility index (Phi) is 7.69. The minimum Gasteiger partial charge on any atom is -0.507 e. The number of fused-ring (bicyclic) bond motifs is 1. The summed E-state index contributed by atoms with van der Waals surface area (Å²) in [5, 5.41) is 50.4. The summed E-state index contributed by atoms with van der Waals surface area (Å²) in [7, 11) is 3.89. The van der Waals surface area contributed by atoms with Crippen LogP contribution in [0.2, 0.25) is 5.02 Å². The van der Waals surface area contributed by atoms with Crippen LogP contribution in [0, 0.1) is 0 Å². The molecule has 0 aliphatic carbocycles. The van der Waals surface area contributed by atoms with E-state index in [1.165, 1.54) is 45.6 Å². The number of halogens is 1. The van der Waals surface area contributed by atoms with Gasteiger partial charge in [0, 0.05) is 6.07 Å². The highest BCUT2D eigenvalue weighted by Crippen LogP contribution is 2.46. The van der Waals surface area contributed by atoms with Gasteiger partial charge in [0.1, 0.15) is 35.6 Å². The molecule has 4 rings (SSSR count). The lowest BCUT2D eigenvalue weighted by Crippen LogP contribution is -2.60. The fraction of sp³-hybridized carbons (Fsp3) is 0.375. The number of hydrogen-bond acceptors (Lipinski definition) is 12. The lowest BCUT2D eigenvalue weighted by Gasteiger charge is -2.39. The molecule has 0 spiro atoms. The van der Waals surface area contributed by atoms with Crippen molar-refractivity contribution in [2.24, 2.45) is 0 Å². The number of aromatic hydroxyl groups is 1. The van der Waals surface area contributed by atoms with Crippen molar-refractivity contribution < 1.29 is 53.6 Å². The van der Waals surface area contributed by atoms with Crippen LogP contribution in [-0.4, -0.2) is 84.2 Å². The van der Waals surface area contributed by atoms with Gasteiger partial charge in [0.2, 0.25) is 23.2 Å². The normalized spacial score (nSPS) is 23.6. The molecule has 0 amide bonds. The summed E-state index contributed by atoms with van der Waals surface area (Å²) in [6.07, 6.45) is -7.84. The maximum Gasteiger partial charge on any atom is 0.239 e. The highest BCUT2D eigenvalue weighted by Gasteiger charge is 2.45. The number of methoxy groups -OCH3 is 3. The summed E-state index contributed by atoms with van der Waals surface area (Å²) in [5.74, 6) is -0.940. The van der Waals surface area contributed by atoms with Gasteiger partial charge >= 0.3 is 0 Å². The molecular weight excluding hydrogens is 516 g/mol. The van der Waals surface area contributed by atoms with E-state index in [4.69, 9.17) is 39.7 Å². The molecule has 12 nitrogen and oxygen atoms in total. The Morgan fingerprint density at radius 3 is 2.30 bits per heavy atom. The van der Waals surface area contributed by atoms with Gasteiger partial charge in [-0.25, -0.2) is 0 Å². The van der Waals surface area contributed by atoms with E-state index in [-0.39, 0.29) is 50.3 Å². The summed E-state index contributed by atoms with van der Waals surface area (Å²) >= 11 is 6.40. The zero-order valence-corrected chi connectivity index (χ0v) is 20.6. The lowest BCUT2D eigenvalue weighted by atomic mass is 9.99. The molecule has 3 aromatic rings. The molecule has 2 heterocycles. The Hall–Kier alpha value is -3.26. The first-order valence-electron chi connectivity index (χ1n) is 10.9. The average molecular weight is 541 g/mol. The quantitative estimate of drug-likeness (QED) is 0.288. The van der Waals surface area contributed by atoms with Gasteiger partial charge in [-0.2, -0.15) is 0 Å². The third kappa shape index (κ3) is 4.52. The Labute approximate surface area is 214 Å². The van der Waals surface area contributed by atoms with E-state index in [1.807, 2.05) is 0 Å². The zero-order valence-electron chi connectivity index (χ0n) is 19.9. The van der Waals surface area contributed by atoms with E-state index in [1.54, 1.807) is 0 Å². The molecule has 1 aromatic heterocycles. The Bertz CT molecular complexity index is 1350. The van der Waals surface area contributed by atoms with E-state index in [2.05, 4.69) is 0 Å². The number of aliphatic hydroxyl groups excluding tert-OH is 4. The largest absolute Gasteiger partial charge is 0.507 e. The average Bonchev–Trinajstić information content (AvgIpc) is 2.89. The molecule has 0 bridgehead atoms. The summed E-state index contributed by atoms with van der Waals surface area (Å²) in [6, 6.07) is 5.65. The predicted octanol–water partition coefficient (Wildman–Crippen LogP) is 1.02. The van der Waals surface area contributed by atoms with Gasteiger partial charge in [0.15, 0.2) is 22.8 Å². The van der Waals surface area contributed by atoms with Crippen LogP contribution in [0.4, 0.5) is 0 Å². The third-order valence-corrected chi connectivity index (χ3v) is 6.24. The highest BCUT2D eigenvalue weighted by molar-refractivity contribution is 6.32. The minimum atomic E-state index is -1.73.